The first-order valence-corrected chi connectivity index (χ1v) is 8.12. The van der Waals surface area contributed by atoms with Crippen LogP contribution >= 0.6 is 0 Å². The summed E-state index contributed by atoms with van der Waals surface area (Å²) in [5, 5.41) is 4.09. The normalized spacial score (nSPS) is 12.2. The molecule has 0 aromatic heterocycles. The molecule has 0 heterocycles. The molecule has 0 atom stereocenters. The van der Waals surface area contributed by atoms with Gasteiger partial charge in [-0.1, -0.05) is 24.3 Å². The van der Waals surface area contributed by atoms with Gasteiger partial charge in [-0.3, -0.25) is 5.43 Å². The van der Waals surface area contributed by atoms with Gasteiger partial charge in [-0.05, 0) is 36.8 Å². The summed E-state index contributed by atoms with van der Waals surface area (Å²) in [6, 6.07) is 12.6. The van der Waals surface area contributed by atoms with Crippen LogP contribution in [0.5, 0.6) is 0 Å². The van der Waals surface area contributed by atoms with Gasteiger partial charge in [-0.25, -0.2) is 12.8 Å². The zero-order valence-electron chi connectivity index (χ0n) is 11.7. The number of hydrogen-bond acceptors (Lipinski definition) is 4. The second-order valence-corrected chi connectivity index (χ2v) is 6.60. The zero-order valence-corrected chi connectivity index (χ0v) is 12.5. The summed E-state index contributed by atoms with van der Waals surface area (Å²) in [6.45, 7) is 1.75. The number of nitrogens with one attached hydrogen (secondary N) is 1. The maximum atomic E-state index is 13.4. The number of sulfone groups is 1. The molecule has 0 aliphatic heterocycles. The molecule has 1 N–H and O–H groups in total. The highest BCUT2D eigenvalue weighted by Crippen LogP contribution is 2.14. The lowest BCUT2D eigenvalue weighted by Crippen LogP contribution is -2.02. The van der Waals surface area contributed by atoms with Crippen LogP contribution in [0.15, 0.2) is 58.5 Å². The van der Waals surface area contributed by atoms with Crippen LogP contribution in [0, 0.1) is 5.82 Å². The Kier molecular flexibility index (Phi) is 4.37. The van der Waals surface area contributed by atoms with Crippen molar-refractivity contribution < 1.29 is 12.8 Å². The smallest absolute Gasteiger partial charge is 0.175 e. The maximum absolute atomic E-state index is 13.4. The molecule has 0 fully saturated rings. The first-order valence-electron chi connectivity index (χ1n) is 6.23. The van der Waals surface area contributed by atoms with Gasteiger partial charge >= 0.3 is 0 Å². The van der Waals surface area contributed by atoms with E-state index >= 15 is 0 Å². The highest BCUT2D eigenvalue weighted by molar-refractivity contribution is 7.90. The molecule has 0 saturated carbocycles. The van der Waals surface area contributed by atoms with E-state index in [2.05, 4.69) is 10.5 Å². The second kappa shape index (κ2) is 6.05. The molecular weight excluding hydrogens is 291 g/mol. The summed E-state index contributed by atoms with van der Waals surface area (Å²) in [4.78, 5) is 0.251. The summed E-state index contributed by atoms with van der Waals surface area (Å²) in [6.07, 6.45) is 1.16. The summed E-state index contributed by atoms with van der Waals surface area (Å²) in [5.74, 6) is -0.388. The molecule has 6 heteroatoms. The predicted molar refractivity (Wildman–Crippen MR) is 81.8 cm³/mol. The van der Waals surface area contributed by atoms with Crippen molar-refractivity contribution in [3.8, 4) is 0 Å². The van der Waals surface area contributed by atoms with Crippen molar-refractivity contribution in [2.24, 2.45) is 5.10 Å². The lowest BCUT2D eigenvalue weighted by atomic mass is 10.1. The number of rotatable bonds is 4. The van der Waals surface area contributed by atoms with Crippen molar-refractivity contribution in [1.82, 2.24) is 0 Å². The summed E-state index contributed by atoms with van der Waals surface area (Å²) in [5.41, 5.74) is 4.31. The fourth-order valence-electron chi connectivity index (χ4n) is 1.70. The Morgan fingerprint density at radius 2 is 1.71 bits per heavy atom. The van der Waals surface area contributed by atoms with Gasteiger partial charge in [0.15, 0.2) is 9.84 Å². The van der Waals surface area contributed by atoms with Gasteiger partial charge in [-0.15, -0.1) is 0 Å². The van der Waals surface area contributed by atoms with E-state index in [9.17, 15) is 12.8 Å². The van der Waals surface area contributed by atoms with Gasteiger partial charge in [0.25, 0.3) is 0 Å². The topological polar surface area (TPSA) is 58.5 Å². The van der Waals surface area contributed by atoms with E-state index in [1.165, 1.54) is 18.2 Å². The van der Waals surface area contributed by atoms with E-state index in [1.54, 1.807) is 37.3 Å². The van der Waals surface area contributed by atoms with Crippen LogP contribution in [-0.2, 0) is 9.84 Å². The molecule has 4 nitrogen and oxygen atoms in total. The maximum Gasteiger partial charge on any atom is 0.175 e. The third kappa shape index (κ3) is 3.88. The fraction of sp³-hybridized carbons (Fsp3) is 0.133. The van der Waals surface area contributed by atoms with Crippen LogP contribution in [0.3, 0.4) is 0 Å². The van der Waals surface area contributed by atoms with Gasteiger partial charge in [0, 0.05) is 6.26 Å². The Morgan fingerprint density at radius 3 is 2.29 bits per heavy atom. The quantitative estimate of drug-likeness (QED) is 0.697. The molecule has 0 amide bonds. The molecule has 0 aliphatic rings. The van der Waals surface area contributed by atoms with Gasteiger partial charge in [0.05, 0.1) is 16.3 Å². The molecule has 21 heavy (non-hydrogen) atoms. The molecule has 2 aromatic rings. The number of benzene rings is 2. The molecule has 110 valence electrons. The lowest BCUT2D eigenvalue weighted by Gasteiger charge is -2.05. The van der Waals surface area contributed by atoms with E-state index in [0.29, 0.717) is 5.71 Å². The summed E-state index contributed by atoms with van der Waals surface area (Å²) >= 11 is 0. The Balaban J connectivity index is 2.18. The molecule has 0 unspecified atom stereocenters. The minimum Gasteiger partial charge on any atom is -0.275 e. The van der Waals surface area contributed by atoms with E-state index in [-0.39, 0.29) is 16.4 Å². The van der Waals surface area contributed by atoms with Crippen LogP contribution < -0.4 is 5.43 Å². The minimum absolute atomic E-state index is 0.251. The summed E-state index contributed by atoms with van der Waals surface area (Å²) in [7, 11) is -3.21. The molecule has 2 rings (SSSR count). The van der Waals surface area contributed by atoms with Gasteiger partial charge in [-0.2, -0.15) is 5.10 Å². The average Bonchev–Trinajstić information content (AvgIpc) is 2.45. The van der Waals surface area contributed by atoms with E-state index in [1.807, 2.05) is 0 Å². The molecule has 0 radical (unpaired) electrons. The van der Waals surface area contributed by atoms with Crippen molar-refractivity contribution in [2.75, 3.05) is 11.7 Å². The number of halogens is 1. The molecule has 2 aromatic carbocycles. The zero-order chi connectivity index (χ0) is 15.5. The largest absolute Gasteiger partial charge is 0.275 e. The second-order valence-electron chi connectivity index (χ2n) is 4.59. The first kappa shape index (κ1) is 15.2. The van der Waals surface area contributed by atoms with Crippen molar-refractivity contribution in [2.45, 2.75) is 11.8 Å². The van der Waals surface area contributed by atoms with Crippen molar-refractivity contribution in [3.63, 3.8) is 0 Å². The lowest BCUT2D eigenvalue weighted by molar-refractivity contribution is 0.602. The predicted octanol–water partition coefficient (Wildman–Crippen LogP) is 3.07. The molecule has 0 aliphatic carbocycles. The van der Waals surface area contributed by atoms with E-state index < -0.39 is 9.84 Å². The van der Waals surface area contributed by atoms with Crippen molar-refractivity contribution >= 4 is 21.2 Å². The van der Waals surface area contributed by atoms with Gasteiger partial charge < -0.3 is 0 Å². The summed E-state index contributed by atoms with van der Waals surface area (Å²) < 4.78 is 36.2. The number of para-hydroxylation sites is 1. The first-order chi connectivity index (χ1) is 9.88. The van der Waals surface area contributed by atoms with E-state index in [0.717, 1.165) is 11.8 Å². The van der Waals surface area contributed by atoms with Crippen LogP contribution in [0.2, 0.25) is 0 Å². The highest BCUT2D eigenvalue weighted by Gasteiger charge is 2.07. The Morgan fingerprint density at radius 1 is 1.10 bits per heavy atom. The monoisotopic (exact) mass is 306 g/mol. The molecule has 0 saturated heterocycles. The number of hydrazone groups is 1. The number of nitrogens with zero attached hydrogens (tertiary/aromatic N) is 1. The number of anilines is 1. The van der Waals surface area contributed by atoms with Gasteiger partial charge in [0.1, 0.15) is 5.82 Å². The fourth-order valence-corrected chi connectivity index (χ4v) is 2.33. The van der Waals surface area contributed by atoms with Crippen LogP contribution in [-0.4, -0.2) is 20.4 Å². The van der Waals surface area contributed by atoms with Crippen molar-refractivity contribution in [1.29, 1.82) is 0 Å². The van der Waals surface area contributed by atoms with E-state index in [4.69, 9.17) is 0 Å². The Labute approximate surface area is 123 Å². The molecular formula is C15H15FN2O2S. The Bertz CT molecular complexity index is 769. The van der Waals surface area contributed by atoms with Gasteiger partial charge in [0.2, 0.25) is 0 Å². The highest BCUT2D eigenvalue weighted by atomic mass is 32.2. The minimum atomic E-state index is -3.21. The molecule has 0 spiro atoms. The average molecular weight is 306 g/mol. The van der Waals surface area contributed by atoms with Crippen LogP contribution in [0.25, 0.3) is 0 Å². The Hall–Kier alpha value is -2.21. The number of hydrogen-bond donors (Lipinski definition) is 1. The standard InChI is InChI=1S/C15H15FN2O2S/c1-11(17-18-15-6-4-3-5-14(15)16)12-7-9-13(10-8-12)21(2,19)20/h3-10,18H,1-2H3/b17-11+. The third-order valence-electron chi connectivity index (χ3n) is 2.92. The van der Waals surface area contributed by atoms with Crippen LogP contribution in [0.4, 0.5) is 10.1 Å². The SMILES string of the molecule is C/C(=N\Nc1ccccc1F)c1ccc(S(C)(=O)=O)cc1. The van der Waals surface area contributed by atoms with Crippen molar-refractivity contribution in [3.05, 3.63) is 59.9 Å². The van der Waals surface area contributed by atoms with Crippen LogP contribution in [0.1, 0.15) is 12.5 Å². The third-order valence-corrected chi connectivity index (χ3v) is 4.05. The molecule has 0 bridgehead atoms.